The van der Waals surface area contributed by atoms with Gasteiger partial charge >= 0.3 is 11.9 Å². The van der Waals surface area contributed by atoms with Crippen molar-refractivity contribution in [1.29, 1.82) is 0 Å². The van der Waals surface area contributed by atoms with Crippen LogP contribution < -0.4 is 10.9 Å². The molecule has 8 heteroatoms. The molecule has 0 spiro atoms. The fraction of sp³-hybridized carbons (Fsp3) is 0.125. The standard InChI is InChI=1S/C32H26N2O6/c35-29(39-19-21-9-3-1-4-10-21)18-28(32(38)40-20-22-11-5-2-6-12-22)34-30(36)23-15-16-25-24-13-7-8-14-26(24)31(37)33-27(25)17-23/h1-17,28H,18-20H2,(H,33,37)(H,34,36). The molecule has 0 aliphatic rings. The lowest BCUT2D eigenvalue weighted by molar-refractivity contribution is -0.153. The summed E-state index contributed by atoms with van der Waals surface area (Å²) in [4.78, 5) is 54.2. The fourth-order valence-electron chi connectivity index (χ4n) is 4.36. The van der Waals surface area contributed by atoms with Crippen LogP contribution in [0.5, 0.6) is 0 Å². The minimum Gasteiger partial charge on any atom is -0.461 e. The van der Waals surface area contributed by atoms with Gasteiger partial charge in [-0.15, -0.1) is 0 Å². The van der Waals surface area contributed by atoms with E-state index >= 15 is 0 Å². The highest BCUT2D eigenvalue weighted by Crippen LogP contribution is 2.22. The Balaban J connectivity index is 1.34. The highest BCUT2D eigenvalue weighted by atomic mass is 16.5. The molecule has 200 valence electrons. The maximum atomic E-state index is 13.2. The molecule has 0 saturated heterocycles. The summed E-state index contributed by atoms with van der Waals surface area (Å²) in [6.45, 7) is 0.0147. The average Bonchev–Trinajstić information content (AvgIpc) is 2.99. The smallest absolute Gasteiger partial charge is 0.329 e. The van der Waals surface area contributed by atoms with Gasteiger partial charge in [0.05, 0.1) is 6.42 Å². The molecule has 5 rings (SSSR count). The summed E-state index contributed by atoms with van der Waals surface area (Å²) in [7, 11) is 0. The van der Waals surface area contributed by atoms with Gasteiger partial charge in [-0.2, -0.15) is 0 Å². The number of esters is 2. The number of fused-ring (bicyclic) bond motifs is 3. The van der Waals surface area contributed by atoms with Crippen LogP contribution in [0.15, 0.2) is 108 Å². The van der Waals surface area contributed by atoms with Crippen molar-refractivity contribution in [2.45, 2.75) is 25.7 Å². The zero-order chi connectivity index (χ0) is 27.9. The summed E-state index contributed by atoms with van der Waals surface area (Å²) in [5, 5.41) is 4.69. The van der Waals surface area contributed by atoms with Crippen LogP contribution in [0.1, 0.15) is 27.9 Å². The van der Waals surface area contributed by atoms with Crippen molar-refractivity contribution < 1.29 is 23.9 Å². The zero-order valence-corrected chi connectivity index (χ0v) is 21.5. The normalized spacial score (nSPS) is 11.6. The molecule has 0 radical (unpaired) electrons. The Hall–Kier alpha value is -5.24. The van der Waals surface area contributed by atoms with E-state index in [0.717, 1.165) is 21.9 Å². The van der Waals surface area contributed by atoms with E-state index in [-0.39, 0.29) is 24.3 Å². The topological polar surface area (TPSA) is 115 Å². The van der Waals surface area contributed by atoms with Crippen molar-refractivity contribution in [3.63, 3.8) is 0 Å². The molecule has 0 saturated carbocycles. The first-order valence-electron chi connectivity index (χ1n) is 12.7. The molecule has 1 aromatic heterocycles. The van der Waals surface area contributed by atoms with E-state index in [1.165, 1.54) is 0 Å². The number of H-pyrrole nitrogens is 1. The van der Waals surface area contributed by atoms with Crippen molar-refractivity contribution in [3.8, 4) is 0 Å². The lowest BCUT2D eigenvalue weighted by Gasteiger charge is -2.18. The molecule has 0 aliphatic carbocycles. The van der Waals surface area contributed by atoms with Gasteiger partial charge in [-0.25, -0.2) is 4.79 Å². The van der Waals surface area contributed by atoms with Gasteiger partial charge in [0.15, 0.2) is 0 Å². The minimum atomic E-state index is -1.29. The van der Waals surface area contributed by atoms with Crippen LogP contribution in [0.25, 0.3) is 21.7 Å². The second-order valence-electron chi connectivity index (χ2n) is 9.23. The zero-order valence-electron chi connectivity index (χ0n) is 21.5. The van der Waals surface area contributed by atoms with E-state index in [9.17, 15) is 19.2 Å². The number of nitrogens with one attached hydrogen (secondary N) is 2. The van der Waals surface area contributed by atoms with Crippen LogP contribution in [0.2, 0.25) is 0 Å². The Kier molecular flexibility index (Phi) is 7.97. The third-order valence-corrected chi connectivity index (χ3v) is 6.42. The lowest BCUT2D eigenvalue weighted by atomic mass is 10.0. The maximum Gasteiger partial charge on any atom is 0.329 e. The molecule has 2 N–H and O–H groups in total. The molecule has 1 amide bonds. The molecule has 40 heavy (non-hydrogen) atoms. The highest BCUT2D eigenvalue weighted by molar-refractivity contribution is 6.08. The van der Waals surface area contributed by atoms with Crippen molar-refractivity contribution >= 4 is 39.5 Å². The number of rotatable bonds is 9. The van der Waals surface area contributed by atoms with Gasteiger partial charge in [-0.3, -0.25) is 14.4 Å². The van der Waals surface area contributed by atoms with Gasteiger partial charge in [-0.05, 0) is 34.7 Å². The van der Waals surface area contributed by atoms with Crippen molar-refractivity contribution in [1.82, 2.24) is 10.3 Å². The largest absolute Gasteiger partial charge is 0.461 e. The van der Waals surface area contributed by atoms with Crippen LogP contribution >= 0.6 is 0 Å². The molecule has 0 fully saturated rings. The number of aromatic nitrogens is 1. The monoisotopic (exact) mass is 534 g/mol. The van der Waals surface area contributed by atoms with E-state index in [0.29, 0.717) is 10.9 Å². The molecule has 0 bridgehead atoms. The third-order valence-electron chi connectivity index (χ3n) is 6.42. The fourth-order valence-corrected chi connectivity index (χ4v) is 4.36. The van der Waals surface area contributed by atoms with E-state index in [1.54, 1.807) is 42.5 Å². The Morgan fingerprint density at radius 1 is 0.700 bits per heavy atom. The quantitative estimate of drug-likeness (QED) is 0.210. The Bertz CT molecular complexity index is 1730. The molecule has 1 heterocycles. The summed E-state index contributed by atoms with van der Waals surface area (Å²) >= 11 is 0. The van der Waals surface area contributed by atoms with E-state index < -0.39 is 30.3 Å². The number of amides is 1. The van der Waals surface area contributed by atoms with Gasteiger partial charge < -0.3 is 19.8 Å². The summed E-state index contributed by atoms with van der Waals surface area (Å²) in [5.74, 6) is -2.04. The van der Waals surface area contributed by atoms with Gasteiger partial charge in [-0.1, -0.05) is 84.9 Å². The molecular formula is C32H26N2O6. The van der Waals surface area contributed by atoms with Crippen LogP contribution in [0.3, 0.4) is 0 Å². The summed E-state index contributed by atoms with van der Waals surface area (Å²) in [5.41, 5.74) is 1.96. The van der Waals surface area contributed by atoms with E-state index in [1.807, 2.05) is 60.7 Å². The number of pyridine rings is 1. The van der Waals surface area contributed by atoms with Gasteiger partial charge in [0.25, 0.3) is 11.5 Å². The summed E-state index contributed by atoms with van der Waals surface area (Å²) < 4.78 is 10.7. The van der Waals surface area contributed by atoms with Gasteiger partial charge in [0, 0.05) is 21.9 Å². The molecule has 4 aromatic carbocycles. The third kappa shape index (κ3) is 6.24. The van der Waals surface area contributed by atoms with Crippen LogP contribution in [0, 0.1) is 0 Å². The van der Waals surface area contributed by atoms with E-state index in [4.69, 9.17) is 9.47 Å². The first-order valence-corrected chi connectivity index (χ1v) is 12.7. The molecule has 1 unspecified atom stereocenters. The maximum absolute atomic E-state index is 13.2. The molecule has 5 aromatic rings. The molecule has 8 nitrogen and oxygen atoms in total. The summed E-state index contributed by atoms with van der Waals surface area (Å²) in [6, 6.07) is 29.0. The Morgan fingerprint density at radius 2 is 1.30 bits per heavy atom. The average molecular weight is 535 g/mol. The highest BCUT2D eigenvalue weighted by Gasteiger charge is 2.27. The number of hydrogen-bond donors (Lipinski definition) is 2. The first-order chi connectivity index (χ1) is 19.5. The molecular weight excluding hydrogens is 508 g/mol. The van der Waals surface area contributed by atoms with Crippen LogP contribution in [-0.2, 0) is 32.3 Å². The second-order valence-corrected chi connectivity index (χ2v) is 9.23. The number of ether oxygens (including phenoxy) is 2. The Labute approximate surface area is 229 Å². The number of carbonyl (C=O) groups is 3. The minimum absolute atomic E-state index is 0.0185. The predicted molar refractivity (Wildman–Crippen MR) is 150 cm³/mol. The van der Waals surface area contributed by atoms with Gasteiger partial charge in [0.1, 0.15) is 19.3 Å². The van der Waals surface area contributed by atoms with Crippen molar-refractivity contribution in [2.75, 3.05) is 0 Å². The number of aromatic amines is 1. The van der Waals surface area contributed by atoms with E-state index in [2.05, 4.69) is 10.3 Å². The van der Waals surface area contributed by atoms with Crippen molar-refractivity contribution in [3.05, 3.63) is 130 Å². The predicted octanol–water partition coefficient (Wildman–Crippen LogP) is 4.66. The number of hydrogen-bond acceptors (Lipinski definition) is 6. The van der Waals surface area contributed by atoms with Crippen LogP contribution in [-0.4, -0.2) is 28.9 Å². The second kappa shape index (κ2) is 12.1. The summed E-state index contributed by atoms with van der Waals surface area (Å²) in [6.07, 6.45) is -0.415. The lowest BCUT2D eigenvalue weighted by Crippen LogP contribution is -2.43. The Morgan fingerprint density at radius 3 is 1.98 bits per heavy atom. The van der Waals surface area contributed by atoms with Crippen LogP contribution in [0.4, 0.5) is 0 Å². The molecule has 0 aliphatic heterocycles. The number of carbonyl (C=O) groups excluding carboxylic acids is 3. The van der Waals surface area contributed by atoms with Crippen molar-refractivity contribution in [2.24, 2.45) is 0 Å². The number of benzene rings is 4. The SMILES string of the molecule is O=C(CC(NC(=O)c1ccc2c(c1)[nH]c(=O)c1ccccc12)C(=O)OCc1ccccc1)OCc1ccccc1. The first kappa shape index (κ1) is 26.4. The van der Waals surface area contributed by atoms with Gasteiger partial charge in [0.2, 0.25) is 0 Å². The molecule has 1 atom stereocenters.